The van der Waals surface area contributed by atoms with E-state index in [-0.39, 0.29) is 5.56 Å². The number of aryl methyl sites for hydroxylation is 1. The molecular formula is C8H8F2N2O3. The van der Waals surface area contributed by atoms with Gasteiger partial charge in [0.2, 0.25) is 0 Å². The maximum atomic E-state index is 12.4. The molecule has 0 amide bonds. The van der Waals surface area contributed by atoms with Crippen LogP contribution in [0.2, 0.25) is 0 Å². The van der Waals surface area contributed by atoms with Gasteiger partial charge in [0.05, 0.1) is 17.1 Å². The van der Waals surface area contributed by atoms with Crippen molar-refractivity contribution in [1.29, 1.82) is 0 Å². The van der Waals surface area contributed by atoms with Crippen molar-refractivity contribution in [3.8, 4) is 0 Å². The molecule has 0 aliphatic heterocycles. The summed E-state index contributed by atoms with van der Waals surface area (Å²) >= 11 is 0. The minimum Gasteiger partial charge on any atom is -0.391 e. The Bertz CT molecular complexity index is 396. The molecular weight excluding hydrogens is 210 g/mol. The van der Waals surface area contributed by atoms with E-state index in [2.05, 4.69) is 4.98 Å². The van der Waals surface area contributed by atoms with E-state index in [0.717, 1.165) is 6.20 Å². The second-order valence-electron chi connectivity index (χ2n) is 2.87. The average molecular weight is 218 g/mol. The standard InChI is InChI=1S/C8H8F2N2O3/c1-4-2-11-6(8(9)10)5(3-13)7(4)12(14)15/h2,8,13H,3H2,1H3. The van der Waals surface area contributed by atoms with Crippen LogP contribution in [0.4, 0.5) is 14.5 Å². The highest BCUT2D eigenvalue weighted by Crippen LogP contribution is 2.30. The van der Waals surface area contributed by atoms with E-state index >= 15 is 0 Å². The Kier molecular flexibility index (Phi) is 3.25. The van der Waals surface area contributed by atoms with E-state index in [9.17, 15) is 18.9 Å². The van der Waals surface area contributed by atoms with Crippen LogP contribution in [0.15, 0.2) is 6.20 Å². The molecule has 1 N–H and O–H groups in total. The van der Waals surface area contributed by atoms with Crippen LogP contribution in [0.5, 0.6) is 0 Å². The van der Waals surface area contributed by atoms with Gasteiger partial charge in [-0.1, -0.05) is 0 Å². The first-order valence-corrected chi connectivity index (χ1v) is 4.00. The number of hydrogen-bond acceptors (Lipinski definition) is 4. The smallest absolute Gasteiger partial charge is 0.281 e. The van der Waals surface area contributed by atoms with Crippen LogP contribution in [0.3, 0.4) is 0 Å². The Balaban J connectivity index is 3.47. The van der Waals surface area contributed by atoms with E-state index in [4.69, 9.17) is 5.11 Å². The van der Waals surface area contributed by atoms with Crippen molar-refractivity contribution >= 4 is 5.69 Å². The monoisotopic (exact) mass is 218 g/mol. The minimum absolute atomic E-state index is 0.147. The molecule has 0 saturated heterocycles. The SMILES string of the molecule is Cc1cnc(C(F)F)c(CO)c1[N+](=O)[O-]. The van der Waals surface area contributed by atoms with Gasteiger partial charge in [-0.15, -0.1) is 0 Å². The number of hydrogen-bond donors (Lipinski definition) is 1. The number of aliphatic hydroxyl groups excluding tert-OH is 1. The van der Waals surface area contributed by atoms with Gasteiger partial charge in [-0.05, 0) is 6.92 Å². The van der Waals surface area contributed by atoms with E-state index < -0.39 is 34.9 Å². The summed E-state index contributed by atoms with van der Waals surface area (Å²) in [5, 5.41) is 19.4. The van der Waals surface area contributed by atoms with Crippen molar-refractivity contribution in [2.45, 2.75) is 20.0 Å². The maximum Gasteiger partial charge on any atom is 0.281 e. The Hall–Kier alpha value is -1.63. The molecule has 82 valence electrons. The van der Waals surface area contributed by atoms with Crippen molar-refractivity contribution in [2.24, 2.45) is 0 Å². The second kappa shape index (κ2) is 4.26. The molecule has 0 bridgehead atoms. The Morgan fingerprint density at radius 1 is 1.67 bits per heavy atom. The molecule has 0 radical (unpaired) electrons. The first-order valence-electron chi connectivity index (χ1n) is 4.00. The third-order valence-electron chi connectivity index (χ3n) is 1.91. The molecule has 0 fully saturated rings. The molecule has 0 atom stereocenters. The molecule has 0 aliphatic carbocycles. The van der Waals surface area contributed by atoms with Crippen LogP contribution in [-0.4, -0.2) is 15.0 Å². The lowest BCUT2D eigenvalue weighted by Gasteiger charge is -2.07. The first kappa shape index (κ1) is 11.4. The Morgan fingerprint density at radius 3 is 2.67 bits per heavy atom. The summed E-state index contributed by atoms with van der Waals surface area (Å²) in [6.45, 7) is 0.546. The highest BCUT2D eigenvalue weighted by Gasteiger charge is 2.25. The second-order valence-corrected chi connectivity index (χ2v) is 2.87. The van der Waals surface area contributed by atoms with Crippen LogP contribution in [0.1, 0.15) is 23.2 Å². The van der Waals surface area contributed by atoms with E-state index in [0.29, 0.717) is 0 Å². The fourth-order valence-electron chi connectivity index (χ4n) is 1.26. The summed E-state index contributed by atoms with van der Waals surface area (Å²) < 4.78 is 24.8. The van der Waals surface area contributed by atoms with Crippen molar-refractivity contribution in [3.63, 3.8) is 0 Å². The highest BCUT2D eigenvalue weighted by atomic mass is 19.3. The molecule has 0 unspecified atom stereocenters. The number of halogens is 2. The van der Waals surface area contributed by atoms with Crippen molar-refractivity contribution in [3.05, 3.63) is 33.1 Å². The third kappa shape index (κ3) is 2.07. The molecule has 15 heavy (non-hydrogen) atoms. The van der Waals surface area contributed by atoms with Gasteiger partial charge >= 0.3 is 0 Å². The largest absolute Gasteiger partial charge is 0.391 e. The van der Waals surface area contributed by atoms with Crippen LogP contribution in [-0.2, 0) is 6.61 Å². The summed E-state index contributed by atoms with van der Waals surface area (Å²) in [7, 11) is 0. The molecule has 0 spiro atoms. The molecule has 0 aromatic carbocycles. The molecule has 1 heterocycles. The first-order chi connectivity index (χ1) is 6.99. The van der Waals surface area contributed by atoms with E-state index in [1.807, 2.05) is 0 Å². The van der Waals surface area contributed by atoms with Gasteiger partial charge in [0.25, 0.3) is 12.1 Å². The minimum atomic E-state index is -2.94. The zero-order valence-corrected chi connectivity index (χ0v) is 7.78. The van der Waals surface area contributed by atoms with Crippen molar-refractivity contribution in [2.75, 3.05) is 0 Å². The summed E-state index contributed by atoms with van der Waals surface area (Å²) in [6, 6.07) is 0. The van der Waals surface area contributed by atoms with Gasteiger partial charge in [-0.3, -0.25) is 15.1 Å². The topological polar surface area (TPSA) is 76.3 Å². The average Bonchev–Trinajstić information content (AvgIpc) is 2.15. The van der Waals surface area contributed by atoms with E-state index in [1.165, 1.54) is 6.92 Å². The summed E-state index contributed by atoms with van der Waals surface area (Å²) in [5.41, 5.74) is -1.51. The molecule has 5 nitrogen and oxygen atoms in total. The van der Waals surface area contributed by atoms with E-state index in [1.54, 1.807) is 0 Å². The number of pyridine rings is 1. The summed E-state index contributed by atoms with van der Waals surface area (Å²) in [5.74, 6) is 0. The van der Waals surface area contributed by atoms with Gasteiger partial charge in [-0.25, -0.2) is 8.78 Å². The number of aromatic nitrogens is 1. The Morgan fingerprint density at radius 2 is 2.27 bits per heavy atom. The fraction of sp³-hybridized carbons (Fsp3) is 0.375. The predicted octanol–water partition coefficient (Wildman–Crippen LogP) is 1.73. The lowest BCUT2D eigenvalue weighted by molar-refractivity contribution is -0.386. The molecule has 0 aliphatic rings. The molecule has 1 aromatic heterocycles. The van der Waals surface area contributed by atoms with Crippen LogP contribution >= 0.6 is 0 Å². The quantitative estimate of drug-likeness (QED) is 0.619. The predicted molar refractivity (Wildman–Crippen MR) is 46.5 cm³/mol. The summed E-state index contributed by atoms with van der Waals surface area (Å²) in [4.78, 5) is 13.2. The number of nitro groups is 1. The fourth-order valence-corrected chi connectivity index (χ4v) is 1.26. The Labute approximate surface area is 83.5 Å². The number of nitrogens with zero attached hydrogens (tertiary/aromatic N) is 2. The lowest BCUT2D eigenvalue weighted by atomic mass is 10.1. The van der Waals surface area contributed by atoms with Crippen LogP contribution in [0, 0.1) is 17.0 Å². The zero-order valence-electron chi connectivity index (χ0n) is 7.78. The van der Waals surface area contributed by atoms with Gasteiger partial charge in [-0.2, -0.15) is 0 Å². The van der Waals surface area contributed by atoms with Gasteiger partial charge in [0, 0.05) is 11.8 Å². The zero-order chi connectivity index (χ0) is 11.6. The molecule has 1 aromatic rings. The normalized spacial score (nSPS) is 10.7. The van der Waals surface area contributed by atoms with Crippen LogP contribution in [0.25, 0.3) is 0 Å². The molecule has 1 rings (SSSR count). The molecule has 7 heteroatoms. The number of alkyl halides is 2. The van der Waals surface area contributed by atoms with Gasteiger partial charge in [0.1, 0.15) is 5.69 Å². The lowest BCUT2D eigenvalue weighted by Crippen LogP contribution is -2.05. The van der Waals surface area contributed by atoms with Crippen molar-refractivity contribution < 1.29 is 18.8 Å². The van der Waals surface area contributed by atoms with Crippen LogP contribution < -0.4 is 0 Å². The summed E-state index contributed by atoms with van der Waals surface area (Å²) in [6.07, 6.45) is -1.94. The number of aliphatic hydroxyl groups is 1. The van der Waals surface area contributed by atoms with Gasteiger partial charge in [0.15, 0.2) is 0 Å². The maximum absolute atomic E-state index is 12.4. The highest BCUT2D eigenvalue weighted by molar-refractivity contribution is 5.48. The number of rotatable bonds is 3. The van der Waals surface area contributed by atoms with Gasteiger partial charge < -0.3 is 5.11 Å². The third-order valence-corrected chi connectivity index (χ3v) is 1.91. The molecule has 0 saturated carbocycles. The van der Waals surface area contributed by atoms with Crippen molar-refractivity contribution in [1.82, 2.24) is 4.98 Å².